The monoisotopic (exact) mass is 426 g/mol. The lowest BCUT2D eigenvalue weighted by atomic mass is 10.1. The molecule has 0 aliphatic heterocycles. The summed E-state index contributed by atoms with van der Waals surface area (Å²) in [7, 11) is 1.85. The number of nitrogens with one attached hydrogen (secondary N) is 3. The van der Waals surface area contributed by atoms with Gasteiger partial charge in [0.15, 0.2) is 5.96 Å². The van der Waals surface area contributed by atoms with E-state index in [2.05, 4.69) is 51.1 Å². The van der Waals surface area contributed by atoms with Gasteiger partial charge in [-0.25, -0.2) is 0 Å². The third-order valence-electron chi connectivity index (χ3n) is 4.51. The molecule has 1 saturated carbocycles. The fourth-order valence-corrected chi connectivity index (χ4v) is 3.28. The minimum atomic E-state index is 0. The summed E-state index contributed by atoms with van der Waals surface area (Å²) < 4.78 is 0. The number of rotatable bonds is 5. The fraction of sp³-hybridized carbons (Fsp3) is 0.500. The first-order chi connectivity index (χ1) is 10.9. The Hall–Kier alpha value is -1.24. The first kappa shape index (κ1) is 18.1. The van der Waals surface area contributed by atoms with E-state index in [0.29, 0.717) is 6.04 Å². The Kier molecular flexibility index (Phi) is 7.20. The largest absolute Gasteiger partial charge is 0.361 e. The maximum Gasteiger partial charge on any atom is 0.191 e. The van der Waals surface area contributed by atoms with Crippen LogP contribution in [0.15, 0.2) is 35.5 Å². The number of hydrogen-bond donors (Lipinski definition) is 3. The Labute approximate surface area is 155 Å². The van der Waals surface area contributed by atoms with Crippen molar-refractivity contribution in [3.8, 4) is 0 Å². The van der Waals surface area contributed by atoms with Gasteiger partial charge in [-0.2, -0.15) is 0 Å². The molecule has 0 unspecified atom stereocenters. The lowest BCUT2D eigenvalue weighted by Crippen LogP contribution is -2.42. The Balaban J connectivity index is 0.00000192. The van der Waals surface area contributed by atoms with E-state index in [4.69, 9.17) is 0 Å². The normalized spacial score (nSPS) is 15.6. The second-order valence-electron chi connectivity index (χ2n) is 6.09. The third kappa shape index (κ3) is 4.86. The van der Waals surface area contributed by atoms with Gasteiger partial charge in [0.05, 0.1) is 0 Å². The average molecular weight is 426 g/mol. The van der Waals surface area contributed by atoms with Gasteiger partial charge >= 0.3 is 0 Å². The van der Waals surface area contributed by atoms with E-state index in [9.17, 15) is 0 Å². The Morgan fingerprint density at radius 1 is 1.26 bits per heavy atom. The predicted molar refractivity (Wildman–Crippen MR) is 109 cm³/mol. The summed E-state index contributed by atoms with van der Waals surface area (Å²) in [5.41, 5.74) is 2.63. The van der Waals surface area contributed by atoms with Gasteiger partial charge < -0.3 is 15.6 Å². The zero-order chi connectivity index (χ0) is 15.2. The topological polar surface area (TPSA) is 52.2 Å². The first-order valence-electron chi connectivity index (χ1n) is 8.39. The highest BCUT2D eigenvalue weighted by Crippen LogP contribution is 2.19. The zero-order valence-corrected chi connectivity index (χ0v) is 16.1. The van der Waals surface area contributed by atoms with Crippen LogP contribution in [0.3, 0.4) is 0 Å². The number of fused-ring (bicyclic) bond motifs is 1. The molecule has 0 atom stereocenters. The van der Waals surface area contributed by atoms with Crippen LogP contribution in [-0.4, -0.2) is 30.6 Å². The Morgan fingerprint density at radius 3 is 2.83 bits per heavy atom. The maximum atomic E-state index is 4.32. The quantitative estimate of drug-likeness (QED) is 0.295. The van der Waals surface area contributed by atoms with E-state index in [1.54, 1.807) is 0 Å². The summed E-state index contributed by atoms with van der Waals surface area (Å²) in [6.07, 6.45) is 9.55. The molecule has 1 fully saturated rings. The van der Waals surface area contributed by atoms with Crippen LogP contribution < -0.4 is 10.6 Å². The molecule has 1 aromatic carbocycles. The Bertz CT molecular complexity index is 629. The minimum Gasteiger partial charge on any atom is -0.361 e. The molecule has 0 spiro atoms. The predicted octanol–water partition coefficient (Wildman–Crippen LogP) is 3.83. The molecule has 0 saturated heterocycles. The summed E-state index contributed by atoms with van der Waals surface area (Å²) >= 11 is 0. The van der Waals surface area contributed by atoms with Gasteiger partial charge in [-0.3, -0.25) is 4.99 Å². The van der Waals surface area contributed by atoms with Crippen molar-refractivity contribution in [2.24, 2.45) is 4.99 Å². The van der Waals surface area contributed by atoms with E-state index in [1.807, 2.05) is 7.05 Å². The molecule has 3 rings (SSSR count). The van der Waals surface area contributed by atoms with E-state index in [1.165, 1.54) is 42.1 Å². The number of aryl methyl sites for hydroxylation is 1. The summed E-state index contributed by atoms with van der Waals surface area (Å²) in [6, 6.07) is 9.10. The summed E-state index contributed by atoms with van der Waals surface area (Å²) in [6.45, 7) is 0.950. The number of aromatic nitrogens is 1. The summed E-state index contributed by atoms with van der Waals surface area (Å²) in [5, 5.41) is 8.30. The van der Waals surface area contributed by atoms with Crippen LogP contribution in [0.2, 0.25) is 0 Å². The SMILES string of the molecule is CN=C(NCCCc1c[nH]c2ccccc12)NC1CCCC1.I. The highest BCUT2D eigenvalue weighted by molar-refractivity contribution is 14.0. The molecule has 0 amide bonds. The molecule has 1 aromatic heterocycles. The van der Waals surface area contributed by atoms with Crippen molar-refractivity contribution in [3.05, 3.63) is 36.0 Å². The van der Waals surface area contributed by atoms with Gasteiger partial charge in [-0.15, -0.1) is 24.0 Å². The molecule has 1 aliphatic rings. The third-order valence-corrected chi connectivity index (χ3v) is 4.51. The van der Waals surface area contributed by atoms with Crippen LogP contribution in [0.25, 0.3) is 10.9 Å². The van der Waals surface area contributed by atoms with Gasteiger partial charge in [0.2, 0.25) is 0 Å². The highest BCUT2D eigenvalue weighted by Gasteiger charge is 2.15. The molecule has 0 radical (unpaired) electrons. The molecular weight excluding hydrogens is 399 g/mol. The number of aliphatic imine (C=N–C) groups is 1. The molecule has 1 heterocycles. The van der Waals surface area contributed by atoms with E-state index in [-0.39, 0.29) is 24.0 Å². The van der Waals surface area contributed by atoms with E-state index in [0.717, 1.165) is 25.3 Å². The number of guanidine groups is 1. The van der Waals surface area contributed by atoms with Gasteiger partial charge in [-0.05, 0) is 37.3 Å². The van der Waals surface area contributed by atoms with Crippen molar-refractivity contribution >= 4 is 40.8 Å². The van der Waals surface area contributed by atoms with Gasteiger partial charge in [0.25, 0.3) is 0 Å². The standard InChI is InChI=1S/C18H26N4.HI/c1-19-18(22-15-8-2-3-9-15)20-12-6-7-14-13-21-17-11-5-4-10-16(14)17;/h4-5,10-11,13,15,21H,2-3,6-9,12H2,1H3,(H2,19,20,22);1H. The first-order valence-corrected chi connectivity index (χ1v) is 8.39. The Morgan fingerprint density at radius 2 is 2.04 bits per heavy atom. The highest BCUT2D eigenvalue weighted by atomic mass is 127. The molecule has 4 nitrogen and oxygen atoms in total. The summed E-state index contributed by atoms with van der Waals surface area (Å²) in [5.74, 6) is 0.950. The lowest BCUT2D eigenvalue weighted by molar-refractivity contribution is 0.610. The average Bonchev–Trinajstić information content (AvgIpc) is 3.20. The second-order valence-corrected chi connectivity index (χ2v) is 6.09. The van der Waals surface area contributed by atoms with Crippen molar-refractivity contribution in [3.63, 3.8) is 0 Å². The second kappa shape index (κ2) is 9.15. The van der Waals surface area contributed by atoms with Gasteiger partial charge in [0.1, 0.15) is 0 Å². The van der Waals surface area contributed by atoms with Crippen LogP contribution in [0.5, 0.6) is 0 Å². The molecule has 2 aromatic rings. The number of aromatic amines is 1. The number of nitrogens with zero attached hydrogens (tertiary/aromatic N) is 1. The van der Waals surface area contributed by atoms with E-state index >= 15 is 0 Å². The molecule has 1 aliphatic carbocycles. The molecule has 5 heteroatoms. The van der Waals surface area contributed by atoms with Gasteiger partial charge in [0, 0.05) is 36.7 Å². The van der Waals surface area contributed by atoms with Crippen molar-refractivity contribution in [1.29, 1.82) is 0 Å². The molecule has 0 bridgehead atoms. The molecule has 23 heavy (non-hydrogen) atoms. The molecular formula is C18H27IN4. The van der Waals surface area contributed by atoms with Crippen LogP contribution >= 0.6 is 24.0 Å². The lowest BCUT2D eigenvalue weighted by Gasteiger charge is -2.16. The number of para-hydroxylation sites is 1. The smallest absolute Gasteiger partial charge is 0.191 e. The van der Waals surface area contributed by atoms with Crippen LogP contribution in [0.1, 0.15) is 37.7 Å². The summed E-state index contributed by atoms with van der Waals surface area (Å²) in [4.78, 5) is 7.67. The minimum absolute atomic E-state index is 0. The van der Waals surface area contributed by atoms with E-state index < -0.39 is 0 Å². The van der Waals surface area contributed by atoms with Crippen LogP contribution in [-0.2, 0) is 6.42 Å². The number of H-pyrrole nitrogens is 1. The van der Waals surface area contributed by atoms with Crippen LogP contribution in [0, 0.1) is 0 Å². The number of halogens is 1. The maximum absolute atomic E-state index is 4.32. The van der Waals surface area contributed by atoms with Crippen molar-refractivity contribution < 1.29 is 0 Å². The van der Waals surface area contributed by atoms with Gasteiger partial charge in [-0.1, -0.05) is 31.0 Å². The fourth-order valence-electron chi connectivity index (χ4n) is 3.28. The zero-order valence-electron chi connectivity index (χ0n) is 13.8. The molecule has 126 valence electrons. The number of hydrogen-bond acceptors (Lipinski definition) is 1. The molecule has 3 N–H and O–H groups in total. The van der Waals surface area contributed by atoms with Crippen molar-refractivity contribution in [2.75, 3.05) is 13.6 Å². The van der Waals surface area contributed by atoms with Crippen LogP contribution in [0.4, 0.5) is 0 Å². The van der Waals surface area contributed by atoms with Crippen molar-refractivity contribution in [2.45, 2.75) is 44.6 Å². The number of benzene rings is 1. The van der Waals surface area contributed by atoms with Crippen molar-refractivity contribution in [1.82, 2.24) is 15.6 Å².